The van der Waals surface area contributed by atoms with Crippen LogP contribution in [0.4, 0.5) is 0 Å². The molecule has 1 fully saturated rings. The van der Waals surface area contributed by atoms with Crippen molar-refractivity contribution >= 4 is 0 Å². The average Bonchev–Trinajstić information content (AvgIpc) is 2.26. The fourth-order valence-electron chi connectivity index (χ4n) is 3.17. The van der Waals surface area contributed by atoms with Crippen molar-refractivity contribution in [2.24, 2.45) is 11.3 Å². The van der Waals surface area contributed by atoms with Gasteiger partial charge >= 0.3 is 0 Å². The summed E-state index contributed by atoms with van der Waals surface area (Å²) in [6.45, 7) is 22.1. The van der Waals surface area contributed by atoms with Crippen molar-refractivity contribution in [2.45, 2.75) is 73.1 Å². The second-order valence-corrected chi connectivity index (χ2v) is 8.26. The molecule has 0 radical (unpaired) electrons. The highest BCUT2D eigenvalue weighted by Crippen LogP contribution is 2.27. The van der Waals surface area contributed by atoms with Gasteiger partial charge in [0.25, 0.3) is 0 Å². The molecular formula is C17H36N2O. The number of piperazine rings is 1. The predicted octanol–water partition coefficient (Wildman–Crippen LogP) is 3.15. The highest BCUT2D eigenvalue weighted by atomic mass is 16.5. The molecule has 2 unspecified atom stereocenters. The van der Waals surface area contributed by atoms with Gasteiger partial charge in [0.15, 0.2) is 0 Å². The monoisotopic (exact) mass is 284 g/mol. The van der Waals surface area contributed by atoms with E-state index >= 15 is 0 Å². The van der Waals surface area contributed by atoms with Gasteiger partial charge in [0.1, 0.15) is 0 Å². The van der Waals surface area contributed by atoms with Crippen molar-refractivity contribution in [3.8, 4) is 0 Å². The van der Waals surface area contributed by atoms with Crippen LogP contribution in [0.25, 0.3) is 0 Å². The van der Waals surface area contributed by atoms with E-state index in [1.54, 1.807) is 0 Å². The highest BCUT2D eigenvalue weighted by molar-refractivity contribution is 4.94. The minimum atomic E-state index is -0.0678. The zero-order valence-electron chi connectivity index (χ0n) is 14.9. The van der Waals surface area contributed by atoms with Crippen molar-refractivity contribution in [1.82, 2.24) is 10.2 Å². The van der Waals surface area contributed by atoms with Crippen LogP contribution in [0, 0.1) is 11.3 Å². The molecule has 0 bridgehead atoms. The first-order valence-corrected chi connectivity index (χ1v) is 8.18. The van der Waals surface area contributed by atoms with E-state index in [4.69, 9.17) is 4.74 Å². The van der Waals surface area contributed by atoms with E-state index in [1.165, 1.54) is 0 Å². The van der Waals surface area contributed by atoms with E-state index in [2.05, 4.69) is 65.6 Å². The second kappa shape index (κ2) is 6.76. The number of rotatable bonds is 5. The minimum absolute atomic E-state index is 0.0678. The first-order valence-electron chi connectivity index (χ1n) is 8.18. The first kappa shape index (κ1) is 17.9. The molecule has 0 saturated carbocycles. The third-order valence-electron chi connectivity index (χ3n) is 4.39. The van der Waals surface area contributed by atoms with Crippen LogP contribution in [-0.2, 0) is 4.74 Å². The normalized spacial score (nSPS) is 26.2. The van der Waals surface area contributed by atoms with E-state index < -0.39 is 0 Å². The molecule has 1 N–H and O–H groups in total. The topological polar surface area (TPSA) is 24.5 Å². The van der Waals surface area contributed by atoms with Crippen LogP contribution in [-0.4, -0.2) is 48.8 Å². The Kier molecular flexibility index (Phi) is 6.06. The SMILES string of the molecule is CCOC(C)(C)CN1CC(C(C)(C)C)NCC1C(C)C. The van der Waals surface area contributed by atoms with Crippen molar-refractivity contribution in [2.75, 3.05) is 26.2 Å². The van der Waals surface area contributed by atoms with E-state index in [9.17, 15) is 0 Å². The number of hydrogen-bond acceptors (Lipinski definition) is 3. The summed E-state index contributed by atoms with van der Waals surface area (Å²) in [6.07, 6.45) is 0. The first-order chi connectivity index (χ1) is 9.07. The molecule has 1 saturated heterocycles. The molecule has 20 heavy (non-hydrogen) atoms. The quantitative estimate of drug-likeness (QED) is 0.839. The van der Waals surface area contributed by atoms with Gasteiger partial charge in [0, 0.05) is 38.3 Å². The largest absolute Gasteiger partial charge is 0.375 e. The molecule has 1 aliphatic rings. The Bertz CT molecular complexity index is 294. The zero-order chi connectivity index (χ0) is 15.6. The van der Waals surface area contributed by atoms with Crippen LogP contribution < -0.4 is 5.32 Å². The summed E-state index contributed by atoms with van der Waals surface area (Å²) in [5, 5.41) is 3.76. The summed E-state index contributed by atoms with van der Waals surface area (Å²) in [6, 6.07) is 1.16. The van der Waals surface area contributed by atoms with Gasteiger partial charge in [-0.1, -0.05) is 34.6 Å². The van der Waals surface area contributed by atoms with E-state index in [0.29, 0.717) is 23.4 Å². The highest BCUT2D eigenvalue weighted by Gasteiger charge is 2.37. The average molecular weight is 284 g/mol. The molecule has 2 atom stereocenters. The van der Waals surface area contributed by atoms with Crippen LogP contribution in [0.5, 0.6) is 0 Å². The summed E-state index contributed by atoms with van der Waals surface area (Å²) in [5.74, 6) is 0.667. The maximum absolute atomic E-state index is 5.92. The molecular weight excluding hydrogens is 248 g/mol. The molecule has 3 heteroatoms. The molecule has 0 aromatic carbocycles. The summed E-state index contributed by atoms with van der Waals surface area (Å²) in [5.41, 5.74) is 0.234. The third-order valence-corrected chi connectivity index (χ3v) is 4.39. The number of nitrogens with one attached hydrogen (secondary N) is 1. The number of nitrogens with zero attached hydrogens (tertiary/aromatic N) is 1. The van der Waals surface area contributed by atoms with Gasteiger partial charge < -0.3 is 10.1 Å². The number of hydrogen-bond donors (Lipinski definition) is 1. The van der Waals surface area contributed by atoms with Crippen LogP contribution in [0.15, 0.2) is 0 Å². The van der Waals surface area contributed by atoms with Crippen molar-refractivity contribution in [1.29, 1.82) is 0 Å². The Hall–Kier alpha value is -0.120. The molecule has 0 amide bonds. The minimum Gasteiger partial charge on any atom is -0.375 e. The lowest BCUT2D eigenvalue weighted by Gasteiger charge is -2.48. The summed E-state index contributed by atoms with van der Waals surface area (Å²) >= 11 is 0. The number of ether oxygens (including phenoxy) is 1. The molecule has 1 rings (SSSR count). The summed E-state index contributed by atoms with van der Waals surface area (Å²) < 4.78 is 5.92. The van der Waals surface area contributed by atoms with Gasteiger partial charge in [0.2, 0.25) is 0 Å². The Balaban J connectivity index is 2.79. The zero-order valence-corrected chi connectivity index (χ0v) is 14.9. The van der Waals surface area contributed by atoms with Crippen molar-refractivity contribution in [3.63, 3.8) is 0 Å². The van der Waals surface area contributed by atoms with E-state index in [1.807, 2.05) is 0 Å². The maximum atomic E-state index is 5.92. The maximum Gasteiger partial charge on any atom is 0.0752 e. The Labute approximate surface area is 126 Å². The standard InChI is InChI=1S/C17H36N2O/c1-9-20-17(7,8)12-19-11-15(16(4,5)6)18-10-14(19)13(2)3/h13-15,18H,9-12H2,1-8H3. The second-order valence-electron chi connectivity index (χ2n) is 8.26. The Morgan fingerprint density at radius 3 is 2.25 bits per heavy atom. The smallest absolute Gasteiger partial charge is 0.0752 e. The molecule has 0 spiro atoms. The molecule has 3 nitrogen and oxygen atoms in total. The van der Waals surface area contributed by atoms with Crippen molar-refractivity contribution in [3.05, 3.63) is 0 Å². The Morgan fingerprint density at radius 2 is 1.80 bits per heavy atom. The lowest BCUT2D eigenvalue weighted by Crippen LogP contribution is -2.63. The van der Waals surface area contributed by atoms with Crippen LogP contribution in [0.3, 0.4) is 0 Å². The molecule has 0 aliphatic carbocycles. The molecule has 0 aromatic heterocycles. The predicted molar refractivity (Wildman–Crippen MR) is 87.1 cm³/mol. The third kappa shape index (κ3) is 5.01. The molecule has 1 aliphatic heterocycles. The molecule has 120 valence electrons. The van der Waals surface area contributed by atoms with E-state index in [0.717, 1.165) is 26.2 Å². The lowest BCUT2D eigenvalue weighted by atomic mass is 9.83. The van der Waals surface area contributed by atoms with Crippen LogP contribution >= 0.6 is 0 Å². The van der Waals surface area contributed by atoms with Gasteiger partial charge in [-0.2, -0.15) is 0 Å². The fraction of sp³-hybridized carbons (Fsp3) is 1.00. The molecule has 0 aromatic rings. The van der Waals surface area contributed by atoms with Gasteiger partial charge in [0.05, 0.1) is 5.60 Å². The van der Waals surface area contributed by atoms with E-state index in [-0.39, 0.29) is 5.60 Å². The molecule has 1 heterocycles. The van der Waals surface area contributed by atoms with Gasteiger partial charge in [-0.3, -0.25) is 4.90 Å². The van der Waals surface area contributed by atoms with Crippen LogP contribution in [0.1, 0.15) is 55.4 Å². The van der Waals surface area contributed by atoms with Gasteiger partial charge in [-0.25, -0.2) is 0 Å². The van der Waals surface area contributed by atoms with Crippen LogP contribution in [0.2, 0.25) is 0 Å². The van der Waals surface area contributed by atoms with Crippen molar-refractivity contribution < 1.29 is 4.74 Å². The fourth-order valence-corrected chi connectivity index (χ4v) is 3.17. The van der Waals surface area contributed by atoms with Gasteiger partial charge in [-0.15, -0.1) is 0 Å². The summed E-state index contributed by atoms with van der Waals surface area (Å²) in [7, 11) is 0. The Morgan fingerprint density at radius 1 is 1.20 bits per heavy atom. The van der Waals surface area contributed by atoms with Gasteiger partial charge in [-0.05, 0) is 32.1 Å². The summed E-state index contributed by atoms with van der Waals surface area (Å²) in [4.78, 5) is 2.65. The lowest BCUT2D eigenvalue weighted by molar-refractivity contribution is -0.0585.